The van der Waals surface area contributed by atoms with E-state index in [2.05, 4.69) is 25.2 Å². The number of carbonyl (C=O) groups is 1. The Balaban J connectivity index is 1.61. The van der Waals surface area contributed by atoms with Crippen molar-refractivity contribution < 1.29 is 9.53 Å². The minimum atomic E-state index is -0.236. The lowest BCUT2D eigenvalue weighted by atomic mass is 10.3. The summed E-state index contributed by atoms with van der Waals surface area (Å²) in [6, 6.07) is 3.64. The number of morpholine rings is 1. The lowest BCUT2D eigenvalue weighted by molar-refractivity contribution is -0.0175. The van der Waals surface area contributed by atoms with Crippen molar-refractivity contribution in [1.82, 2.24) is 25.2 Å². The Hall–Kier alpha value is -1.99. The maximum Gasteiger partial charge on any atom is 0.287 e. The van der Waals surface area contributed by atoms with Crippen LogP contribution in [-0.2, 0) is 4.74 Å². The Kier molecular flexibility index (Phi) is 3.62. The van der Waals surface area contributed by atoms with Gasteiger partial charge in [-0.1, -0.05) is 0 Å². The summed E-state index contributed by atoms with van der Waals surface area (Å²) in [7, 11) is 2.04. The number of H-pyrrole nitrogens is 1. The summed E-state index contributed by atoms with van der Waals surface area (Å²) >= 11 is 0. The lowest BCUT2D eigenvalue weighted by Gasteiger charge is -2.29. The van der Waals surface area contributed by atoms with Crippen LogP contribution in [0.3, 0.4) is 0 Å². The number of aromatic amines is 1. The molecular weight excluding hydrogens is 258 g/mol. The van der Waals surface area contributed by atoms with Gasteiger partial charge in [0, 0.05) is 25.8 Å². The fourth-order valence-corrected chi connectivity index (χ4v) is 2.23. The quantitative estimate of drug-likeness (QED) is 0.825. The van der Waals surface area contributed by atoms with Crippen molar-refractivity contribution >= 4 is 17.1 Å². The SMILES string of the molecule is CN1CCOC(CNC(=O)c2nc3ncccc3[nH]2)C1. The van der Waals surface area contributed by atoms with Gasteiger partial charge in [0.1, 0.15) is 0 Å². The largest absolute Gasteiger partial charge is 0.374 e. The van der Waals surface area contributed by atoms with E-state index in [1.54, 1.807) is 12.3 Å². The van der Waals surface area contributed by atoms with Gasteiger partial charge in [0.2, 0.25) is 0 Å². The maximum absolute atomic E-state index is 12.0. The molecule has 1 unspecified atom stereocenters. The number of aromatic nitrogens is 3. The molecule has 0 aliphatic carbocycles. The molecule has 7 nitrogen and oxygen atoms in total. The number of amides is 1. The van der Waals surface area contributed by atoms with Crippen molar-refractivity contribution in [2.75, 3.05) is 33.3 Å². The first kappa shape index (κ1) is 13.0. The third-order valence-electron chi connectivity index (χ3n) is 3.30. The molecule has 7 heteroatoms. The smallest absolute Gasteiger partial charge is 0.287 e. The number of ether oxygens (including phenoxy) is 1. The molecule has 1 aliphatic heterocycles. The molecule has 20 heavy (non-hydrogen) atoms. The topological polar surface area (TPSA) is 83.1 Å². The highest BCUT2D eigenvalue weighted by Gasteiger charge is 2.19. The molecule has 0 radical (unpaired) electrons. The van der Waals surface area contributed by atoms with Crippen molar-refractivity contribution in [1.29, 1.82) is 0 Å². The van der Waals surface area contributed by atoms with Gasteiger partial charge in [0.25, 0.3) is 5.91 Å². The highest BCUT2D eigenvalue weighted by Crippen LogP contribution is 2.07. The van der Waals surface area contributed by atoms with Crippen LogP contribution < -0.4 is 5.32 Å². The Morgan fingerprint density at radius 3 is 3.35 bits per heavy atom. The van der Waals surface area contributed by atoms with Gasteiger partial charge in [-0.25, -0.2) is 9.97 Å². The summed E-state index contributed by atoms with van der Waals surface area (Å²) in [5.74, 6) is 0.0442. The van der Waals surface area contributed by atoms with Crippen molar-refractivity contribution in [3.63, 3.8) is 0 Å². The van der Waals surface area contributed by atoms with Crippen LogP contribution in [0.4, 0.5) is 0 Å². The Bertz CT molecular complexity index is 579. The molecule has 2 aromatic rings. The standard InChI is InChI=1S/C13H17N5O2/c1-18-5-6-20-9(8-18)7-15-13(19)12-16-10-3-2-4-14-11(10)17-12/h2-4,9H,5-8H2,1H3,(H,15,19)(H,14,16,17). The van der Waals surface area contributed by atoms with Crippen molar-refractivity contribution in [3.05, 3.63) is 24.2 Å². The molecule has 2 N–H and O–H groups in total. The van der Waals surface area contributed by atoms with Crippen LogP contribution in [0.1, 0.15) is 10.6 Å². The molecule has 0 aromatic carbocycles. The van der Waals surface area contributed by atoms with Crippen LogP contribution >= 0.6 is 0 Å². The second-order valence-corrected chi connectivity index (χ2v) is 4.93. The Morgan fingerprint density at radius 1 is 1.65 bits per heavy atom. The van der Waals surface area contributed by atoms with Crippen LogP contribution in [0.15, 0.2) is 18.3 Å². The average molecular weight is 275 g/mol. The highest BCUT2D eigenvalue weighted by atomic mass is 16.5. The van der Waals surface area contributed by atoms with Gasteiger partial charge in [-0.2, -0.15) is 0 Å². The predicted molar refractivity (Wildman–Crippen MR) is 73.5 cm³/mol. The number of rotatable bonds is 3. The molecule has 3 heterocycles. The number of hydrogen-bond acceptors (Lipinski definition) is 5. The number of fused-ring (bicyclic) bond motifs is 1. The molecule has 0 saturated carbocycles. The summed E-state index contributed by atoms with van der Waals surface area (Å²) in [5.41, 5.74) is 1.30. The Morgan fingerprint density at radius 2 is 2.55 bits per heavy atom. The average Bonchev–Trinajstić information content (AvgIpc) is 2.89. The van der Waals surface area contributed by atoms with Crippen LogP contribution in [0.25, 0.3) is 11.2 Å². The van der Waals surface area contributed by atoms with Gasteiger partial charge in [-0.3, -0.25) is 4.79 Å². The Labute approximate surface area is 116 Å². The summed E-state index contributed by atoms with van der Waals surface area (Å²) in [6.45, 7) is 2.93. The van der Waals surface area contributed by atoms with Gasteiger partial charge >= 0.3 is 0 Å². The summed E-state index contributed by atoms with van der Waals surface area (Å²) in [4.78, 5) is 25.4. The van der Waals surface area contributed by atoms with Gasteiger partial charge < -0.3 is 19.9 Å². The van der Waals surface area contributed by atoms with E-state index < -0.39 is 0 Å². The van der Waals surface area contributed by atoms with Crippen LogP contribution in [0.2, 0.25) is 0 Å². The van der Waals surface area contributed by atoms with Gasteiger partial charge in [0.05, 0.1) is 18.2 Å². The third kappa shape index (κ3) is 2.78. The molecule has 0 spiro atoms. The van der Waals surface area contributed by atoms with Crippen molar-refractivity contribution in [3.8, 4) is 0 Å². The molecule has 3 rings (SSSR count). The zero-order valence-electron chi connectivity index (χ0n) is 11.3. The molecule has 2 aromatic heterocycles. The highest BCUT2D eigenvalue weighted by molar-refractivity contribution is 5.93. The van der Waals surface area contributed by atoms with E-state index in [-0.39, 0.29) is 17.8 Å². The second kappa shape index (κ2) is 5.56. The summed E-state index contributed by atoms with van der Waals surface area (Å²) < 4.78 is 5.59. The number of carbonyl (C=O) groups excluding carboxylic acids is 1. The summed E-state index contributed by atoms with van der Waals surface area (Å²) in [6.07, 6.45) is 1.68. The fraction of sp³-hybridized carbons (Fsp3) is 0.462. The lowest BCUT2D eigenvalue weighted by Crippen LogP contribution is -2.46. The van der Waals surface area contributed by atoms with Gasteiger partial charge in [-0.05, 0) is 19.2 Å². The van der Waals surface area contributed by atoms with Crippen LogP contribution in [-0.4, -0.2) is 65.2 Å². The number of pyridine rings is 1. The zero-order valence-corrected chi connectivity index (χ0v) is 11.3. The second-order valence-electron chi connectivity index (χ2n) is 4.93. The number of imidazole rings is 1. The minimum Gasteiger partial charge on any atom is -0.374 e. The molecule has 106 valence electrons. The number of nitrogens with zero attached hydrogens (tertiary/aromatic N) is 3. The summed E-state index contributed by atoms with van der Waals surface area (Å²) in [5, 5.41) is 2.84. The van der Waals surface area contributed by atoms with E-state index in [0.29, 0.717) is 18.8 Å². The van der Waals surface area contributed by atoms with Crippen LogP contribution in [0.5, 0.6) is 0 Å². The first-order valence-electron chi connectivity index (χ1n) is 6.61. The van der Waals surface area contributed by atoms with E-state index >= 15 is 0 Å². The number of likely N-dealkylation sites (N-methyl/N-ethyl adjacent to an activating group) is 1. The van der Waals surface area contributed by atoms with E-state index in [9.17, 15) is 4.79 Å². The molecule has 1 amide bonds. The molecule has 1 atom stereocenters. The number of nitrogens with one attached hydrogen (secondary N) is 2. The normalized spacial score (nSPS) is 20.1. The van der Waals surface area contributed by atoms with Crippen molar-refractivity contribution in [2.24, 2.45) is 0 Å². The first-order chi connectivity index (χ1) is 9.72. The van der Waals surface area contributed by atoms with E-state index in [1.165, 1.54) is 0 Å². The van der Waals surface area contributed by atoms with Gasteiger partial charge in [0.15, 0.2) is 11.5 Å². The third-order valence-corrected chi connectivity index (χ3v) is 3.30. The predicted octanol–water partition coefficient (Wildman–Crippen LogP) is 0.0183. The van der Waals surface area contributed by atoms with E-state index in [4.69, 9.17) is 4.74 Å². The molecular formula is C13H17N5O2. The molecule has 1 fully saturated rings. The van der Waals surface area contributed by atoms with Crippen LogP contribution in [0, 0.1) is 0 Å². The van der Waals surface area contributed by atoms with E-state index in [1.807, 2.05) is 13.1 Å². The number of hydrogen-bond donors (Lipinski definition) is 2. The van der Waals surface area contributed by atoms with Gasteiger partial charge in [-0.15, -0.1) is 0 Å². The maximum atomic E-state index is 12.0. The van der Waals surface area contributed by atoms with E-state index in [0.717, 1.165) is 18.6 Å². The minimum absolute atomic E-state index is 0.0280. The molecule has 1 saturated heterocycles. The monoisotopic (exact) mass is 275 g/mol. The fourth-order valence-electron chi connectivity index (χ4n) is 2.23. The molecule has 0 bridgehead atoms. The first-order valence-corrected chi connectivity index (χ1v) is 6.61. The zero-order chi connectivity index (χ0) is 13.9. The molecule has 1 aliphatic rings. The van der Waals surface area contributed by atoms with Crippen molar-refractivity contribution in [2.45, 2.75) is 6.10 Å².